The van der Waals surface area contributed by atoms with Gasteiger partial charge in [-0.3, -0.25) is 19.3 Å². The van der Waals surface area contributed by atoms with Gasteiger partial charge in [-0.2, -0.15) is 0 Å². The number of rotatable bonds is 4. The van der Waals surface area contributed by atoms with E-state index in [1.165, 1.54) is 4.90 Å². The monoisotopic (exact) mass is 370 g/mol. The Morgan fingerprint density at radius 1 is 1.22 bits per heavy atom. The van der Waals surface area contributed by atoms with E-state index in [1.54, 1.807) is 0 Å². The number of imide groups is 1. The van der Waals surface area contributed by atoms with Crippen LogP contribution in [0.3, 0.4) is 0 Å². The largest absolute Gasteiger partial charge is 0.326 e. The van der Waals surface area contributed by atoms with Crippen LogP contribution in [0.15, 0.2) is 18.2 Å². The summed E-state index contributed by atoms with van der Waals surface area (Å²) in [5, 5.41) is 4.99. The number of nitrogens with zero attached hydrogens (tertiary/aromatic N) is 1. The minimum Gasteiger partial charge on any atom is -0.326 e. The van der Waals surface area contributed by atoms with Gasteiger partial charge in [-0.1, -0.05) is 38.8 Å². The molecule has 1 aromatic carbocycles. The molecule has 6 nitrogen and oxygen atoms in total. The maximum absolute atomic E-state index is 13.4. The summed E-state index contributed by atoms with van der Waals surface area (Å²) >= 11 is 0. The van der Waals surface area contributed by atoms with Crippen molar-refractivity contribution < 1.29 is 19.7 Å². The predicted molar refractivity (Wildman–Crippen MR) is 101 cm³/mol. The van der Waals surface area contributed by atoms with E-state index in [0.717, 1.165) is 29.7 Å². The first-order chi connectivity index (χ1) is 12.8. The van der Waals surface area contributed by atoms with Crippen molar-refractivity contribution >= 4 is 23.4 Å². The van der Waals surface area contributed by atoms with Gasteiger partial charge in [0, 0.05) is 18.0 Å². The SMILES string of the molecule is CCCCN1C(=O)[C@H]2[C@@H](C1=O)[C@]1([NH2+][C@H]2C(C)C)C(=O)Nc2ccc(C)cc21. The molecular formula is C21H28N3O3+. The second-order valence-corrected chi connectivity index (χ2v) is 8.55. The van der Waals surface area contributed by atoms with Gasteiger partial charge in [0.25, 0.3) is 5.91 Å². The number of unbranched alkanes of at least 4 members (excludes halogenated alkanes) is 1. The molecule has 0 aliphatic carbocycles. The minimum atomic E-state index is -1.03. The second-order valence-electron chi connectivity index (χ2n) is 8.55. The summed E-state index contributed by atoms with van der Waals surface area (Å²) in [4.78, 5) is 41.2. The first-order valence-corrected chi connectivity index (χ1v) is 9.96. The number of hydrogen-bond donors (Lipinski definition) is 2. The number of benzene rings is 1. The summed E-state index contributed by atoms with van der Waals surface area (Å²) in [6.45, 7) is 8.60. The molecule has 27 heavy (non-hydrogen) atoms. The summed E-state index contributed by atoms with van der Waals surface area (Å²) in [6.07, 6.45) is 1.71. The van der Waals surface area contributed by atoms with Crippen LogP contribution < -0.4 is 10.6 Å². The number of carbonyl (C=O) groups is 3. The van der Waals surface area contributed by atoms with Gasteiger partial charge in [0.1, 0.15) is 17.9 Å². The molecule has 0 radical (unpaired) electrons. The summed E-state index contributed by atoms with van der Waals surface area (Å²) in [6, 6.07) is 5.77. The quantitative estimate of drug-likeness (QED) is 0.780. The van der Waals surface area contributed by atoms with Gasteiger partial charge in [-0.25, -0.2) is 0 Å². The van der Waals surface area contributed by atoms with Crippen molar-refractivity contribution in [2.75, 3.05) is 11.9 Å². The summed E-state index contributed by atoms with van der Waals surface area (Å²) in [5.74, 6) is -1.33. The van der Waals surface area contributed by atoms with Crippen LogP contribution in [0.2, 0.25) is 0 Å². The van der Waals surface area contributed by atoms with Gasteiger partial charge in [0.05, 0.1) is 5.69 Å². The first-order valence-electron chi connectivity index (χ1n) is 9.96. The highest BCUT2D eigenvalue weighted by molar-refractivity contribution is 6.13. The lowest BCUT2D eigenvalue weighted by molar-refractivity contribution is -0.738. The average molecular weight is 370 g/mol. The van der Waals surface area contributed by atoms with Crippen LogP contribution >= 0.6 is 0 Å². The molecule has 1 spiro atoms. The van der Waals surface area contributed by atoms with Gasteiger partial charge < -0.3 is 10.6 Å². The molecule has 3 aliphatic rings. The molecule has 0 aromatic heterocycles. The molecule has 2 saturated heterocycles. The standard InChI is InChI=1S/C21H27N3O3/c1-5-6-9-24-18(25)15-16(19(24)26)21(23-17(15)11(2)3)13-10-12(4)7-8-14(13)22-20(21)27/h7-8,10-11,15-17,23H,5-6,9H2,1-4H3,(H,22,27)/p+1/t15-,16-,17-,21-/m0/s1. The molecule has 144 valence electrons. The van der Waals surface area contributed by atoms with E-state index in [2.05, 4.69) is 19.2 Å². The van der Waals surface area contributed by atoms with E-state index in [1.807, 2.05) is 37.4 Å². The van der Waals surface area contributed by atoms with Crippen LogP contribution in [-0.2, 0) is 19.9 Å². The predicted octanol–water partition coefficient (Wildman–Crippen LogP) is 1.15. The number of aryl methyl sites for hydroxylation is 1. The molecule has 4 atom stereocenters. The van der Waals surface area contributed by atoms with E-state index in [9.17, 15) is 14.4 Å². The van der Waals surface area contributed by atoms with Crippen LogP contribution in [0.25, 0.3) is 0 Å². The summed E-state index contributed by atoms with van der Waals surface area (Å²) in [7, 11) is 0. The van der Waals surface area contributed by atoms with E-state index in [4.69, 9.17) is 0 Å². The minimum absolute atomic E-state index is 0.0877. The zero-order valence-corrected chi connectivity index (χ0v) is 16.4. The van der Waals surface area contributed by atoms with E-state index in [0.29, 0.717) is 6.54 Å². The Labute approximate surface area is 159 Å². The van der Waals surface area contributed by atoms with Crippen LogP contribution in [0.4, 0.5) is 5.69 Å². The molecule has 3 N–H and O–H groups in total. The number of hydrogen-bond acceptors (Lipinski definition) is 3. The van der Waals surface area contributed by atoms with Crippen LogP contribution in [0.1, 0.15) is 44.7 Å². The average Bonchev–Trinajstić information content (AvgIpc) is 3.20. The van der Waals surface area contributed by atoms with E-state index >= 15 is 0 Å². The third kappa shape index (κ3) is 2.32. The van der Waals surface area contributed by atoms with E-state index < -0.39 is 17.4 Å². The van der Waals surface area contributed by atoms with Gasteiger partial charge in [0.2, 0.25) is 17.4 Å². The molecule has 0 saturated carbocycles. The van der Waals surface area contributed by atoms with Crippen LogP contribution in [0.5, 0.6) is 0 Å². The normalized spacial score (nSPS) is 31.8. The molecule has 0 unspecified atom stereocenters. The van der Waals surface area contributed by atoms with E-state index in [-0.39, 0.29) is 29.7 Å². The molecule has 2 fully saturated rings. The number of nitrogens with two attached hydrogens (primary N) is 1. The molecule has 3 heterocycles. The number of nitrogens with one attached hydrogen (secondary N) is 1. The van der Waals surface area contributed by atoms with Crippen molar-refractivity contribution in [3.63, 3.8) is 0 Å². The Balaban J connectivity index is 1.86. The topological polar surface area (TPSA) is 83.1 Å². The highest BCUT2D eigenvalue weighted by Crippen LogP contribution is 2.50. The molecule has 3 amide bonds. The van der Waals surface area contributed by atoms with Gasteiger partial charge in [-0.05, 0) is 25.5 Å². The van der Waals surface area contributed by atoms with Gasteiger partial charge >= 0.3 is 0 Å². The molecular weight excluding hydrogens is 342 g/mol. The lowest BCUT2D eigenvalue weighted by Crippen LogP contribution is -2.99. The van der Waals surface area contributed by atoms with Crippen molar-refractivity contribution in [1.82, 2.24) is 4.90 Å². The molecule has 1 aromatic rings. The fourth-order valence-electron chi connectivity index (χ4n) is 5.20. The second kappa shape index (κ2) is 6.16. The molecule has 0 bridgehead atoms. The lowest BCUT2D eigenvalue weighted by Gasteiger charge is -2.27. The summed E-state index contributed by atoms with van der Waals surface area (Å²) < 4.78 is 0. The maximum atomic E-state index is 13.4. The fourth-order valence-corrected chi connectivity index (χ4v) is 5.20. The number of amides is 3. The molecule has 4 rings (SSSR count). The third-order valence-electron chi connectivity index (χ3n) is 6.55. The Morgan fingerprint density at radius 3 is 2.63 bits per heavy atom. The number of quaternary nitrogens is 1. The number of carbonyl (C=O) groups excluding carboxylic acids is 3. The smallest absolute Gasteiger partial charge is 0.291 e. The molecule has 3 aliphatic heterocycles. The maximum Gasteiger partial charge on any atom is 0.291 e. The van der Waals surface area contributed by atoms with Crippen molar-refractivity contribution in [3.8, 4) is 0 Å². The third-order valence-corrected chi connectivity index (χ3v) is 6.55. The van der Waals surface area contributed by atoms with Crippen molar-refractivity contribution in [2.24, 2.45) is 17.8 Å². The number of fused-ring (bicyclic) bond motifs is 4. The lowest BCUT2D eigenvalue weighted by atomic mass is 9.75. The highest BCUT2D eigenvalue weighted by atomic mass is 16.2. The zero-order valence-electron chi connectivity index (χ0n) is 16.4. The van der Waals surface area contributed by atoms with Gasteiger partial charge in [-0.15, -0.1) is 0 Å². The highest BCUT2D eigenvalue weighted by Gasteiger charge is 2.74. The number of anilines is 1. The van der Waals surface area contributed by atoms with Gasteiger partial charge in [0.15, 0.2) is 0 Å². The van der Waals surface area contributed by atoms with Crippen molar-refractivity contribution in [1.29, 1.82) is 0 Å². The fraction of sp³-hybridized carbons (Fsp3) is 0.571. The van der Waals surface area contributed by atoms with Crippen molar-refractivity contribution in [3.05, 3.63) is 29.3 Å². The Hall–Kier alpha value is -2.21. The first kappa shape index (κ1) is 18.2. The molecule has 6 heteroatoms. The zero-order chi connectivity index (χ0) is 19.5. The van der Waals surface area contributed by atoms with Crippen LogP contribution in [-0.4, -0.2) is 35.2 Å². The Morgan fingerprint density at radius 2 is 1.96 bits per heavy atom. The Bertz CT molecular complexity index is 834. The van der Waals surface area contributed by atoms with Crippen molar-refractivity contribution in [2.45, 2.75) is 52.1 Å². The summed E-state index contributed by atoms with van der Waals surface area (Å²) in [5.41, 5.74) is 1.62. The number of likely N-dealkylation sites (tertiary alicyclic amines) is 1. The van der Waals surface area contributed by atoms with Crippen LogP contribution in [0, 0.1) is 24.7 Å². The Kier molecular flexibility index (Phi) is 4.14.